The normalized spacial score (nSPS) is 21.2. The number of methoxy groups -OCH3 is 1. The lowest BCUT2D eigenvalue weighted by atomic mass is 10.1. The molecule has 0 aromatic heterocycles. The number of hydrogen-bond acceptors (Lipinski definition) is 2. The first-order chi connectivity index (χ1) is 5.14. The van der Waals surface area contributed by atoms with Gasteiger partial charge in [-0.25, -0.2) is 0 Å². The fraction of sp³-hybridized carbons (Fsp3) is 0.778. The summed E-state index contributed by atoms with van der Waals surface area (Å²) in [7, 11) is 1.71. The fourth-order valence-electron chi connectivity index (χ4n) is 1.15. The van der Waals surface area contributed by atoms with Crippen molar-refractivity contribution in [2.24, 2.45) is 0 Å². The van der Waals surface area contributed by atoms with Gasteiger partial charge in [0, 0.05) is 20.0 Å². The molecule has 0 unspecified atom stereocenters. The molecule has 2 nitrogen and oxygen atoms in total. The van der Waals surface area contributed by atoms with Gasteiger partial charge in [0.1, 0.15) is 5.60 Å². The molecule has 0 N–H and O–H groups in total. The Balaban J connectivity index is 2.29. The largest absolute Gasteiger partial charge is 0.492 e. The molecule has 1 rings (SSSR count). The smallest absolute Gasteiger partial charge is 0.107 e. The van der Waals surface area contributed by atoms with E-state index in [-0.39, 0.29) is 5.60 Å². The lowest BCUT2D eigenvalue weighted by Crippen LogP contribution is -2.17. The van der Waals surface area contributed by atoms with Crippen molar-refractivity contribution in [3.05, 3.63) is 11.8 Å². The molecule has 0 aromatic carbocycles. The van der Waals surface area contributed by atoms with Crippen LogP contribution in [0.25, 0.3) is 0 Å². The highest BCUT2D eigenvalue weighted by Gasteiger charge is 2.24. The van der Waals surface area contributed by atoms with Crippen LogP contribution >= 0.6 is 0 Å². The van der Waals surface area contributed by atoms with Crippen molar-refractivity contribution < 1.29 is 9.47 Å². The monoisotopic (exact) mass is 156 g/mol. The second kappa shape index (κ2) is 3.26. The van der Waals surface area contributed by atoms with Gasteiger partial charge < -0.3 is 9.47 Å². The van der Waals surface area contributed by atoms with Crippen LogP contribution < -0.4 is 0 Å². The van der Waals surface area contributed by atoms with Gasteiger partial charge in [-0.2, -0.15) is 0 Å². The maximum absolute atomic E-state index is 5.63. The molecule has 1 aliphatic rings. The average Bonchev–Trinajstić information content (AvgIpc) is 2.26. The first-order valence-electron chi connectivity index (χ1n) is 4.01. The highest BCUT2D eigenvalue weighted by atomic mass is 16.5. The summed E-state index contributed by atoms with van der Waals surface area (Å²) in [4.78, 5) is 0. The Morgan fingerprint density at radius 2 is 2.36 bits per heavy atom. The van der Waals surface area contributed by atoms with E-state index in [1.165, 1.54) is 0 Å². The molecule has 2 heteroatoms. The summed E-state index contributed by atoms with van der Waals surface area (Å²) in [6.45, 7) is 4.95. The van der Waals surface area contributed by atoms with Gasteiger partial charge in [-0.15, -0.1) is 0 Å². The first kappa shape index (κ1) is 8.60. The molecule has 1 heterocycles. The lowest BCUT2D eigenvalue weighted by Gasteiger charge is -2.19. The van der Waals surface area contributed by atoms with Gasteiger partial charge in [-0.1, -0.05) is 0 Å². The molecular weight excluding hydrogens is 140 g/mol. The molecule has 0 aromatic rings. The molecule has 1 aliphatic heterocycles. The standard InChI is InChI=1S/C9H16O2/c1-9(2)6-4-8(11-9)5-7-10-3/h4H,5-7H2,1-3H3. The van der Waals surface area contributed by atoms with Gasteiger partial charge in [0.2, 0.25) is 0 Å². The third kappa shape index (κ3) is 2.54. The first-order valence-corrected chi connectivity index (χ1v) is 4.01. The topological polar surface area (TPSA) is 18.5 Å². The van der Waals surface area contributed by atoms with Crippen LogP contribution in [0, 0.1) is 0 Å². The summed E-state index contributed by atoms with van der Waals surface area (Å²) < 4.78 is 10.6. The highest BCUT2D eigenvalue weighted by Crippen LogP contribution is 2.28. The predicted molar refractivity (Wildman–Crippen MR) is 44.4 cm³/mol. The van der Waals surface area contributed by atoms with Gasteiger partial charge in [-0.3, -0.25) is 0 Å². The van der Waals surface area contributed by atoms with Crippen LogP contribution in [0.2, 0.25) is 0 Å². The minimum absolute atomic E-state index is 0.0169. The van der Waals surface area contributed by atoms with Gasteiger partial charge in [0.15, 0.2) is 0 Å². The predicted octanol–water partition coefficient (Wildman–Crippen LogP) is 2.11. The minimum Gasteiger partial charge on any atom is -0.492 e. The third-order valence-electron chi connectivity index (χ3n) is 1.78. The van der Waals surface area contributed by atoms with Crippen LogP contribution in [0.15, 0.2) is 11.8 Å². The van der Waals surface area contributed by atoms with Crippen molar-refractivity contribution in [3.63, 3.8) is 0 Å². The zero-order valence-electron chi connectivity index (χ0n) is 7.52. The SMILES string of the molecule is COCCC1=CCC(C)(C)O1. The van der Waals surface area contributed by atoms with E-state index < -0.39 is 0 Å². The summed E-state index contributed by atoms with van der Waals surface area (Å²) in [6, 6.07) is 0. The molecule has 0 spiro atoms. The average molecular weight is 156 g/mol. The van der Waals surface area contributed by atoms with Gasteiger partial charge >= 0.3 is 0 Å². The zero-order chi connectivity index (χ0) is 8.32. The zero-order valence-corrected chi connectivity index (χ0v) is 7.52. The van der Waals surface area contributed by atoms with Crippen molar-refractivity contribution in [3.8, 4) is 0 Å². The Morgan fingerprint density at radius 3 is 2.82 bits per heavy atom. The van der Waals surface area contributed by atoms with Gasteiger partial charge in [0.05, 0.1) is 12.4 Å². The van der Waals surface area contributed by atoms with E-state index >= 15 is 0 Å². The maximum atomic E-state index is 5.63. The van der Waals surface area contributed by atoms with Crippen LogP contribution in [0.1, 0.15) is 26.7 Å². The molecule has 0 aliphatic carbocycles. The molecule has 0 amide bonds. The molecule has 0 atom stereocenters. The fourth-order valence-corrected chi connectivity index (χ4v) is 1.15. The lowest BCUT2D eigenvalue weighted by molar-refractivity contribution is 0.0500. The van der Waals surface area contributed by atoms with E-state index in [4.69, 9.17) is 9.47 Å². The van der Waals surface area contributed by atoms with Crippen LogP contribution in [0.5, 0.6) is 0 Å². The third-order valence-corrected chi connectivity index (χ3v) is 1.78. The Morgan fingerprint density at radius 1 is 1.64 bits per heavy atom. The van der Waals surface area contributed by atoms with Gasteiger partial charge in [-0.05, 0) is 19.9 Å². The summed E-state index contributed by atoms with van der Waals surface area (Å²) in [6.07, 6.45) is 4.07. The molecule has 11 heavy (non-hydrogen) atoms. The molecular formula is C9H16O2. The summed E-state index contributed by atoms with van der Waals surface area (Å²) in [5.41, 5.74) is 0.0169. The van der Waals surface area contributed by atoms with E-state index in [2.05, 4.69) is 19.9 Å². The van der Waals surface area contributed by atoms with Crippen molar-refractivity contribution in [1.29, 1.82) is 0 Å². The Labute approximate surface area is 68.2 Å². The second-order valence-electron chi connectivity index (χ2n) is 3.48. The quantitative estimate of drug-likeness (QED) is 0.623. The Hall–Kier alpha value is -0.500. The van der Waals surface area contributed by atoms with Crippen molar-refractivity contribution >= 4 is 0 Å². The number of rotatable bonds is 3. The summed E-state index contributed by atoms with van der Waals surface area (Å²) in [5, 5.41) is 0. The molecule has 0 fully saturated rings. The van der Waals surface area contributed by atoms with Crippen LogP contribution in [-0.4, -0.2) is 19.3 Å². The molecule has 0 saturated carbocycles. The van der Waals surface area contributed by atoms with Crippen molar-refractivity contribution in [1.82, 2.24) is 0 Å². The van der Waals surface area contributed by atoms with Crippen molar-refractivity contribution in [2.45, 2.75) is 32.3 Å². The Bertz CT molecular complexity index is 159. The molecule has 0 bridgehead atoms. The molecule has 0 saturated heterocycles. The number of ether oxygens (including phenoxy) is 2. The van der Waals surface area contributed by atoms with E-state index in [0.29, 0.717) is 0 Å². The maximum Gasteiger partial charge on any atom is 0.107 e. The summed E-state index contributed by atoms with van der Waals surface area (Å²) >= 11 is 0. The van der Waals surface area contributed by atoms with Crippen molar-refractivity contribution in [2.75, 3.05) is 13.7 Å². The Kier molecular flexibility index (Phi) is 2.55. The van der Waals surface area contributed by atoms with E-state index in [1.807, 2.05) is 0 Å². The van der Waals surface area contributed by atoms with E-state index in [1.54, 1.807) is 7.11 Å². The minimum atomic E-state index is 0.0169. The van der Waals surface area contributed by atoms with E-state index in [9.17, 15) is 0 Å². The molecule has 0 radical (unpaired) electrons. The van der Waals surface area contributed by atoms with Crippen LogP contribution in [0.3, 0.4) is 0 Å². The second-order valence-corrected chi connectivity index (χ2v) is 3.48. The van der Waals surface area contributed by atoms with Crippen LogP contribution in [0.4, 0.5) is 0 Å². The summed E-state index contributed by atoms with van der Waals surface area (Å²) in [5.74, 6) is 1.08. The number of hydrogen-bond donors (Lipinski definition) is 0. The van der Waals surface area contributed by atoms with E-state index in [0.717, 1.165) is 25.2 Å². The van der Waals surface area contributed by atoms with Crippen LogP contribution in [-0.2, 0) is 9.47 Å². The highest BCUT2D eigenvalue weighted by molar-refractivity contribution is 5.04. The molecule has 64 valence electrons. The van der Waals surface area contributed by atoms with Gasteiger partial charge in [0.25, 0.3) is 0 Å².